The highest BCUT2D eigenvalue weighted by atomic mass is 19.1. The van der Waals surface area contributed by atoms with Crippen LogP contribution < -0.4 is 9.47 Å². The SMILES string of the molecule is COc1ccc(F)c(-c2c(F)cc(COc3ccc4c(c3)[C@]3(CC4)C[C@H]3C(=O)O)cc2[C@@H]2CCCC2(C)C)c1. The zero-order valence-electron chi connectivity index (χ0n) is 22.7. The van der Waals surface area contributed by atoms with Gasteiger partial charge >= 0.3 is 5.97 Å². The number of hydrogen-bond acceptors (Lipinski definition) is 3. The zero-order chi connectivity index (χ0) is 27.5. The predicted molar refractivity (Wildman–Crippen MR) is 145 cm³/mol. The Morgan fingerprint density at radius 3 is 2.51 bits per heavy atom. The summed E-state index contributed by atoms with van der Waals surface area (Å²) in [5.74, 6) is -0.819. The van der Waals surface area contributed by atoms with Crippen LogP contribution in [-0.4, -0.2) is 18.2 Å². The number of carboxylic acid groups (broad SMARTS) is 1. The molecular weight excluding hydrogens is 498 g/mol. The van der Waals surface area contributed by atoms with Crippen LogP contribution in [0.3, 0.4) is 0 Å². The van der Waals surface area contributed by atoms with E-state index in [0.29, 0.717) is 29.0 Å². The van der Waals surface area contributed by atoms with Gasteiger partial charge in [0.1, 0.15) is 29.7 Å². The number of hydrogen-bond donors (Lipinski definition) is 1. The number of carboxylic acids is 1. The fraction of sp³-hybridized carbons (Fsp3) is 0.424. The molecule has 3 aliphatic rings. The maximum atomic E-state index is 15.9. The highest BCUT2D eigenvalue weighted by molar-refractivity contribution is 5.78. The normalized spacial score (nSPS) is 24.5. The Morgan fingerprint density at radius 1 is 1.03 bits per heavy atom. The van der Waals surface area contributed by atoms with E-state index in [1.807, 2.05) is 24.3 Å². The largest absolute Gasteiger partial charge is 0.497 e. The van der Waals surface area contributed by atoms with E-state index < -0.39 is 17.6 Å². The molecule has 0 heterocycles. The van der Waals surface area contributed by atoms with Gasteiger partial charge in [0.25, 0.3) is 0 Å². The number of aryl methyl sites for hydroxylation is 1. The summed E-state index contributed by atoms with van der Waals surface area (Å²) in [4.78, 5) is 11.6. The number of ether oxygens (including phenoxy) is 2. The van der Waals surface area contributed by atoms with Crippen LogP contribution in [0.15, 0.2) is 48.5 Å². The minimum Gasteiger partial charge on any atom is -0.497 e. The average molecular weight is 533 g/mol. The van der Waals surface area contributed by atoms with Crippen LogP contribution in [0.2, 0.25) is 0 Å². The van der Waals surface area contributed by atoms with Crippen LogP contribution in [0.5, 0.6) is 11.5 Å². The third kappa shape index (κ3) is 4.38. The molecule has 1 N–H and O–H groups in total. The molecule has 6 heteroatoms. The Labute approximate surface area is 228 Å². The Kier molecular flexibility index (Phi) is 6.20. The number of carbonyl (C=O) groups is 1. The standard InChI is InChI=1S/C33H34F2O4/c1-32(2)11-4-5-25(32)23-13-19(14-29(35)30(23)24-15-21(38-3)8-9-28(24)34)18-39-22-7-6-20-10-12-33(26(20)16-22)17-27(33)31(36)37/h6-9,13-16,25,27H,4-5,10-12,17-18H2,1-3H3,(H,36,37)/t25-,27-,33-/m0/s1. The van der Waals surface area contributed by atoms with Crippen molar-refractivity contribution in [2.45, 2.75) is 70.3 Å². The minimum atomic E-state index is -0.737. The Balaban J connectivity index is 1.34. The smallest absolute Gasteiger partial charge is 0.307 e. The summed E-state index contributed by atoms with van der Waals surface area (Å²) in [5.41, 5.74) is 3.94. The predicted octanol–water partition coefficient (Wildman–Crippen LogP) is 7.80. The van der Waals surface area contributed by atoms with Crippen molar-refractivity contribution < 1.29 is 28.2 Å². The molecule has 3 aromatic rings. The van der Waals surface area contributed by atoms with Gasteiger partial charge in [-0.15, -0.1) is 0 Å². The van der Waals surface area contributed by atoms with E-state index in [9.17, 15) is 9.90 Å². The number of halogens is 2. The third-order valence-corrected chi connectivity index (χ3v) is 9.49. The first-order valence-corrected chi connectivity index (χ1v) is 13.8. The topological polar surface area (TPSA) is 55.8 Å². The third-order valence-electron chi connectivity index (χ3n) is 9.49. The number of methoxy groups -OCH3 is 1. The molecule has 3 aromatic carbocycles. The summed E-state index contributed by atoms with van der Waals surface area (Å²) in [5, 5.41) is 9.56. The lowest BCUT2D eigenvalue weighted by Gasteiger charge is -2.30. The first kappa shape index (κ1) is 25.8. The highest BCUT2D eigenvalue weighted by Gasteiger charge is 2.61. The molecule has 0 unspecified atom stereocenters. The fourth-order valence-corrected chi connectivity index (χ4v) is 7.24. The van der Waals surface area contributed by atoms with Crippen molar-refractivity contribution in [1.82, 2.24) is 0 Å². The van der Waals surface area contributed by atoms with Gasteiger partial charge in [-0.3, -0.25) is 4.79 Å². The van der Waals surface area contributed by atoms with Crippen LogP contribution in [0.1, 0.15) is 74.1 Å². The number of rotatable bonds is 7. The Bertz CT molecular complexity index is 1460. The molecule has 3 atom stereocenters. The number of aliphatic carboxylic acids is 1. The molecule has 6 rings (SSSR count). The molecular formula is C33H34F2O4. The van der Waals surface area contributed by atoms with E-state index in [-0.39, 0.29) is 34.8 Å². The van der Waals surface area contributed by atoms with E-state index >= 15 is 8.78 Å². The van der Waals surface area contributed by atoms with Crippen molar-refractivity contribution in [3.63, 3.8) is 0 Å². The quantitative estimate of drug-likeness (QED) is 0.337. The zero-order valence-corrected chi connectivity index (χ0v) is 22.7. The fourth-order valence-electron chi connectivity index (χ4n) is 7.24. The van der Waals surface area contributed by atoms with Crippen molar-refractivity contribution in [2.75, 3.05) is 7.11 Å². The van der Waals surface area contributed by atoms with Crippen molar-refractivity contribution in [1.29, 1.82) is 0 Å². The average Bonchev–Trinajstić information content (AvgIpc) is 3.39. The van der Waals surface area contributed by atoms with E-state index in [1.165, 1.54) is 24.8 Å². The van der Waals surface area contributed by atoms with Gasteiger partial charge in [-0.25, -0.2) is 8.78 Å². The maximum Gasteiger partial charge on any atom is 0.307 e. The lowest BCUT2D eigenvalue weighted by molar-refractivity contribution is -0.139. The van der Waals surface area contributed by atoms with Gasteiger partial charge in [0.05, 0.1) is 13.0 Å². The lowest BCUT2D eigenvalue weighted by atomic mass is 9.75. The van der Waals surface area contributed by atoms with Gasteiger partial charge in [0.2, 0.25) is 0 Å². The summed E-state index contributed by atoms with van der Waals surface area (Å²) in [6.45, 7) is 4.55. The first-order chi connectivity index (χ1) is 18.6. The maximum absolute atomic E-state index is 15.9. The van der Waals surface area contributed by atoms with Gasteiger partial charge < -0.3 is 14.6 Å². The van der Waals surface area contributed by atoms with Gasteiger partial charge in [-0.05, 0) is 102 Å². The van der Waals surface area contributed by atoms with Crippen LogP contribution in [0.25, 0.3) is 11.1 Å². The van der Waals surface area contributed by atoms with Crippen molar-refractivity contribution in [3.8, 4) is 22.6 Å². The van der Waals surface area contributed by atoms with E-state index in [1.54, 1.807) is 12.1 Å². The lowest BCUT2D eigenvalue weighted by Crippen LogP contribution is -2.17. The monoisotopic (exact) mass is 532 g/mol. The second-order valence-electron chi connectivity index (χ2n) is 12.2. The Hall–Kier alpha value is -3.41. The molecule has 204 valence electrons. The van der Waals surface area contributed by atoms with Gasteiger partial charge in [-0.2, -0.15) is 0 Å². The van der Waals surface area contributed by atoms with Crippen LogP contribution >= 0.6 is 0 Å². The van der Waals surface area contributed by atoms with Crippen molar-refractivity contribution in [2.24, 2.45) is 11.3 Å². The molecule has 1 spiro atoms. The molecule has 0 saturated heterocycles. The molecule has 2 fully saturated rings. The van der Waals surface area contributed by atoms with Gasteiger partial charge in [0, 0.05) is 16.5 Å². The molecule has 0 amide bonds. The molecule has 4 nitrogen and oxygen atoms in total. The molecule has 2 saturated carbocycles. The Morgan fingerprint density at radius 2 is 1.82 bits per heavy atom. The summed E-state index contributed by atoms with van der Waals surface area (Å²) < 4.78 is 42.5. The molecule has 0 bridgehead atoms. The highest BCUT2D eigenvalue weighted by Crippen LogP contribution is 2.62. The molecule has 3 aliphatic carbocycles. The summed E-state index contributed by atoms with van der Waals surface area (Å²) in [6.07, 6.45) is 5.38. The second-order valence-corrected chi connectivity index (χ2v) is 12.2. The van der Waals surface area contributed by atoms with Crippen LogP contribution in [0.4, 0.5) is 8.78 Å². The van der Waals surface area contributed by atoms with E-state index in [2.05, 4.69) is 13.8 Å². The van der Waals surface area contributed by atoms with Crippen LogP contribution in [0, 0.1) is 23.0 Å². The number of benzene rings is 3. The summed E-state index contributed by atoms with van der Waals surface area (Å²) in [6, 6.07) is 13.8. The van der Waals surface area contributed by atoms with E-state index in [4.69, 9.17) is 9.47 Å². The van der Waals surface area contributed by atoms with Gasteiger partial charge in [-0.1, -0.05) is 32.4 Å². The van der Waals surface area contributed by atoms with Gasteiger partial charge in [0.15, 0.2) is 0 Å². The summed E-state index contributed by atoms with van der Waals surface area (Å²) in [7, 11) is 1.51. The van der Waals surface area contributed by atoms with Crippen molar-refractivity contribution in [3.05, 3.63) is 82.4 Å². The first-order valence-electron chi connectivity index (χ1n) is 13.8. The second kappa shape index (κ2) is 9.35. The van der Waals surface area contributed by atoms with E-state index in [0.717, 1.165) is 43.2 Å². The van der Waals surface area contributed by atoms with Crippen LogP contribution in [-0.2, 0) is 23.2 Å². The molecule has 0 aromatic heterocycles. The molecule has 0 aliphatic heterocycles. The molecule has 0 radical (unpaired) electrons. The minimum absolute atomic E-state index is 0.0464. The summed E-state index contributed by atoms with van der Waals surface area (Å²) >= 11 is 0. The molecule has 39 heavy (non-hydrogen) atoms. The number of fused-ring (bicyclic) bond motifs is 2. The van der Waals surface area contributed by atoms with Crippen molar-refractivity contribution >= 4 is 5.97 Å².